The van der Waals surface area contributed by atoms with Crippen molar-refractivity contribution >= 4 is 22.6 Å². The van der Waals surface area contributed by atoms with Crippen LogP contribution in [-0.2, 0) is 4.79 Å². The van der Waals surface area contributed by atoms with Crippen molar-refractivity contribution in [1.29, 1.82) is 0 Å². The molecule has 0 aliphatic rings. The van der Waals surface area contributed by atoms with Gasteiger partial charge in [0.25, 0.3) is 5.91 Å². The van der Waals surface area contributed by atoms with Crippen LogP contribution in [0.4, 0.5) is 5.69 Å². The minimum Gasteiger partial charge on any atom is -0.504 e. The molecule has 2 aromatic carbocycles. The van der Waals surface area contributed by atoms with E-state index in [4.69, 9.17) is 0 Å². The molecule has 23 heavy (non-hydrogen) atoms. The second-order valence-electron chi connectivity index (χ2n) is 5.39. The first-order valence-corrected chi connectivity index (χ1v) is 7.08. The Morgan fingerprint density at radius 2 is 1.83 bits per heavy atom. The molecule has 1 amide bonds. The van der Waals surface area contributed by atoms with Crippen molar-refractivity contribution < 1.29 is 9.90 Å². The number of nitrogens with zero attached hydrogens (tertiary/aromatic N) is 3. The number of nitrogens with one attached hydrogen (secondary N) is 1. The van der Waals surface area contributed by atoms with Crippen molar-refractivity contribution in [1.82, 2.24) is 15.0 Å². The first kappa shape index (κ1) is 14.8. The Labute approximate surface area is 133 Å². The number of hydrogen-bond donors (Lipinski definition) is 2. The molecule has 0 radical (unpaired) electrons. The van der Waals surface area contributed by atoms with Crippen molar-refractivity contribution in [3.05, 3.63) is 54.1 Å². The van der Waals surface area contributed by atoms with E-state index in [1.807, 2.05) is 31.2 Å². The third-order valence-corrected chi connectivity index (χ3v) is 3.37. The van der Waals surface area contributed by atoms with Crippen LogP contribution >= 0.6 is 0 Å². The molecule has 0 unspecified atom stereocenters. The fourth-order valence-electron chi connectivity index (χ4n) is 2.20. The fraction of sp³-hybridized carbons (Fsp3) is 0.118. The molecular weight excluding hydrogens is 292 g/mol. The van der Waals surface area contributed by atoms with Crippen LogP contribution in [0.3, 0.4) is 0 Å². The van der Waals surface area contributed by atoms with Gasteiger partial charge in [0.15, 0.2) is 5.75 Å². The van der Waals surface area contributed by atoms with Gasteiger partial charge in [0.05, 0.1) is 5.69 Å². The summed E-state index contributed by atoms with van der Waals surface area (Å²) in [4.78, 5) is 13.2. The van der Waals surface area contributed by atoms with Crippen molar-refractivity contribution in [2.45, 2.75) is 13.8 Å². The predicted octanol–water partition coefficient (Wildman–Crippen LogP) is 2.95. The molecule has 6 nitrogen and oxygen atoms in total. The first-order valence-electron chi connectivity index (χ1n) is 7.08. The molecule has 0 aliphatic carbocycles. The fourth-order valence-corrected chi connectivity index (χ4v) is 2.20. The maximum Gasteiger partial charge on any atom is 0.250 e. The third kappa shape index (κ3) is 2.78. The van der Waals surface area contributed by atoms with Gasteiger partial charge in [-0.15, -0.1) is 15.0 Å². The highest BCUT2D eigenvalue weighted by Crippen LogP contribution is 2.32. The molecule has 1 heterocycles. The highest BCUT2D eigenvalue weighted by molar-refractivity contribution is 6.04. The molecule has 3 aromatic rings. The number of aromatic nitrogens is 3. The smallest absolute Gasteiger partial charge is 0.250 e. The van der Waals surface area contributed by atoms with Crippen LogP contribution in [0.25, 0.3) is 16.7 Å². The maximum atomic E-state index is 11.8. The van der Waals surface area contributed by atoms with Crippen LogP contribution in [-0.4, -0.2) is 26.0 Å². The number of phenols is 1. The Hall–Kier alpha value is -3.15. The Balaban J connectivity index is 2.10. The largest absolute Gasteiger partial charge is 0.504 e. The molecule has 0 atom stereocenters. The van der Waals surface area contributed by atoms with E-state index >= 15 is 0 Å². The zero-order valence-corrected chi connectivity index (χ0v) is 12.9. The molecule has 116 valence electrons. The average molecular weight is 308 g/mol. The number of carbonyl (C=O) groups excluding carboxylic acids is 1. The number of benzene rings is 2. The van der Waals surface area contributed by atoms with E-state index in [0.717, 1.165) is 16.6 Å². The summed E-state index contributed by atoms with van der Waals surface area (Å²) in [6, 6.07) is 10.9. The van der Waals surface area contributed by atoms with Gasteiger partial charge >= 0.3 is 0 Å². The second-order valence-corrected chi connectivity index (χ2v) is 5.39. The lowest BCUT2D eigenvalue weighted by molar-refractivity contribution is -0.112. The Morgan fingerprint density at radius 3 is 2.39 bits per heavy atom. The summed E-state index contributed by atoms with van der Waals surface area (Å²) in [7, 11) is 0. The van der Waals surface area contributed by atoms with Gasteiger partial charge in [-0.1, -0.05) is 18.7 Å². The Morgan fingerprint density at radius 1 is 1.22 bits per heavy atom. The maximum absolute atomic E-state index is 11.8. The summed E-state index contributed by atoms with van der Waals surface area (Å²) >= 11 is 0. The number of phenolic OH excluding ortho intramolecular Hbond substituents is 1. The van der Waals surface area contributed by atoms with Gasteiger partial charge in [-0.3, -0.25) is 4.79 Å². The number of rotatable bonds is 3. The summed E-state index contributed by atoms with van der Waals surface area (Å²) < 4.78 is 0. The van der Waals surface area contributed by atoms with Gasteiger partial charge in [-0.2, -0.15) is 0 Å². The van der Waals surface area contributed by atoms with Gasteiger partial charge in [0, 0.05) is 5.57 Å². The number of fused-ring (bicyclic) bond motifs is 1. The minimum atomic E-state index is -0.351. The van der Waals surface area contributed by atoms with Crippen LogP contribution in [0.15, 0.2) is 48.6 Å². The molecular formula is C17H16N4O2. The molecule has 0 spiro atoms. The number of anilines is 1. The van der Waals surface area contributed by atoms with E-state index in [-0.39, 0.29) is 11.7 Å². The van der Waals surface area contributed by atoms with Crippen LogP contribution in [0.2, 0.25) is 0 Å². The SMILES string of the molecule is C=C(C)C(=O)Nc1cc(C)cc(-n2nc3ccccc3n2)c1O. The highest BCUT2D eigenvalue weighted by Gasteiger charge is 2.15. The lowest BCUT2D eigenvalue weighted by Gasteiger charge is -2.12. The van der Waals surface area contributed by atoms with Gasteiger partial charge in [-0.05, 0) is 43.7 Å². The minimum absolute atomic E-state index is 0.0921. The van der Waals surface area contributed by atoms with Crippen molar-refractivity contribution in [2.24, 2.45) is 0 Å². The normalized spacial score (nSPS) is 10.7. The molecule has 0 bridgehead atoms. The molecule has 0 aliphatic heterocycles. The number of aryl methyl sites for hydroxylation is 1. The summed E-state index contributed by atoms with van der Waals surface area (Å²) in [6.45, 7) is 7.05. The van der Waals surface area contributed by atoms with E-state index in [9.17, 15) is 9.90 Å². The number of carbonyl (C=O) groups is 1. The third-order valence-electron chi connectivity index (χ3n) is 3.37. The molecule has 0 saturated heterocycles. The van der Waals surface area contributed by atoms with Crippen molar-refractivity contribution in [3.63, 3.8) is 0 Å². The lowest BCUT2D eigenvalue weighted by Crippen LogP contribution is -2.13. The Bertz CT molecular complexity index is 894. The summed E-state index contributed by atoms with van der Waals surface area (Å²) in [5.41, 5.74) is 3.36. The second kappa shape index (κ2) is 5.57. The molecule has 6 heteroatoms. The molecule has 0 saturated carbocycles. The van der Waals surface area contributed by atoms with Crippen LogP contribution in [0.1, 0.15) is 12.5 Å². The summed E-state index contributed by atoms with van der Waals surface area (Å²) in [5, 5.41) is 21.8. The topological polar surface area (TPSA) is 80.0 Å². The molecule has 3 rings (SSSR count). The van der Waals surface area contributed by atoms with E-state index in [2.05, 4.69) is 22.1 Å². The van der Waals surface area contributed by atoms with E-state index in [1.165, 1.54) is 4.80 Å². The quantitative estimate of drug-likeness (QED) is 0.576. The molecule has 1 aromatic heterocycles. The zero-order valence-electron chi connectivity index (χ0n) is 12.9. The van der Waals surface area contributed by atoms with Crippen LogP contribution < -0.4 is 5.32 Å². The van der Waals surface area contributed by atoms with E-state index in [0.29, 0.717) is 16.9 Å². The predicted molar refractivity (Wildman–Crippen MR) is 88.7 cm³/mol. The van der Waals surface area contributed by atoms with Gasteiger partial charge in [0.1, 0.15) is 16.7 Å². The van der Waals surface area contributed by atoms with Crippen molar-refractivity contribution in [2.75, 3.05) is 5.32 Å². The Kier molecular flexibility index (Phi) is 3.57. The highest BCUT2D eigenvalue weighted by atomic mass is 16.3. The zero-order chi connectivity index (χ0) is 16.6. The lowest BCUT2D eigenvalue weighted by atomic mass is 10.1. The first-order chi connectivity index (χ1) is 11.0. The monoisotopic (exact) mass is 308 g/mol. The van der Waals surface area contributed by atoms with E-state index in [1.54, 1.807) is 19.1 Å². The summed E-state index contributed by atoms with van der Waals surface area (Å²) in [5.74, 6) is -0.444. The van der Waals surface area contributed by atoms with Gasteiger partial charge < -0.3 is 10.4 Å². The molecule has 0 fully saturated rings. The van der Waals surface area contributed by atoms with Gasteiger partial charge in [-0.25, -0.2) is 0 Å². The van der Waals surface area contributed by atoms with Crippen LogP contribution in [0.5, 0.6) is 5.75 Å². The standard InChI is InChI=1S/C17H16N4O2/c1-10(2)17(23)18-14-8-11(3)9-15(16(14)22)21-19-12-6-4-5-7-13(12)20-21/h4-9,22H,1H2,2-3H3,(H,18,23). The van der Waals surface area contributed by atoms with Gasteiger partial charge in [0.2, 0.25) is 0 Å². The van der Waals surface area contributed by atoms with E-state index < -0.39 is 0 Å². The molecule has 2 N–H and O–H groups in total. The van der Waals surface area contributed by atoms with Crippen molar-refractivity contribution in [3.8, 4) is 11.4 Å². The average Bonchev–Trinajstić information content (AvgIpc) is 2.94. The number of amides is 1. The number of hydrogen-bond acceptors (Lipinski definition) is 4. The van der Waals surface area contributed by atoms with Crippen LogP contribution in [0, 0.1) is 6.92 Å². The summed E-state index contributed by atoms with van der Waals surface area (Å²) in [6.07, 6.45) is 0. The number of aromatic hydroxyl groups is 1.